The lowest BCUT2D eigenvalue weighted by molar-refractivity contribution is 0.191. The molecule has 0 atom stereocenters. The van der Waals surface area contributed by atoms with E-state index in [0.717, 1.165) is 17.1 Å². The Morgan fingerprint density at radius 1 is 1.07 bits per heavy atom. The molecule has 0 radical (unpaired) electrons. The second-order valence-corrected chi connectivity index (χ2v) is 8.50. The van der Waals surface area contributed by atoms with Gasteiger partial charge in [-0.2, -0.15) is 5.10 Å². The summed E-state index contributed by atoms with van der Waals surface area (Å²) in [7, 11) is 0. The number of piperidine rings is 1. The van der Waals surface area contributed by atoms with Gasteiger partial charge in [0.25, 0.3) is 0 Å². The smallest absolute Gasteiger partial charge is 0.138 e. The molecule has 5 nitrogen and oxygen atoms in total. The third kappa shape index (κ3) is 3.20. The Labute approximate surface area is 165 Å². The third-order valence-electron chi connectivity index (χ3n) is 5.98. The Balaban J connectivity index is 1.47. The summed E-state index contributed by atoms with van der Waals surface area (Å²) in [6.45, 7) is 8.20. The lowest BCUT2D eigenvalue weighted by Gasteiger charge is -2.32. The quantitative estimate of drug-likeness (QED) is 0.532. The maximum absolute atomic E-state index is 4.69. The standard InChI is InChI=1S/C23H27N5/c1-15(2)14-28-7-5-16(6-8-28)22-10-21-20-9-17(19-12-25-26-13-19)3-4-18(20)11-24-23(21)27-22/h3-4,9-13,15-16H,5-8,14H2,1-2H3,(H,24,27)(H,25,26). The van der Waals surface area contributed by atoms with Crippen LogP contribution in [0.15, 0.2) is 42.9 Å². The molecule has 28 heavy (non-hydrogen) atoms. The third-order valence-corrected chi connectivity index (χ3v) is 5.98. The van der Waals surface area contributed by atoms with Gasteiger partial charge in [0.05, 0.1) is 6.20 Å². The maximum atomic E-state index is 4.69. The molecule has 0 aliphatic carbocycles. The van der Waals surface area contributed by atoms with E-state index in [4.69, 9.17) is 0 Å². The average Bonchev–Trinajstić information content (AvgIpc) is 3.38. The van der Waals surface area contributed by atoms with Crippen LogP contribution in [0.3, 0.4) is 0 Å². The van der Waals surface area contributed by atoms with Crippen LogP contribution in [0, 0.1) is 5.92 Å². The topological polar surface area (TPSA) is 60.6 Å². The van der Waals surface area contributed by atoms with Crippen molar-refractivity contribution in [3.05, 3.63) is 48.5 Å². The van der Waals surface area contributed by atoms with Crippen molar-refractivity contribution >= 4 is 21.8 Å². The minimum Gasteiger partial charge on any atom is -0.343 e. The van der Waals surface area contributed by atoms with Crippen LogP contribution >= 0.6 is 0 Å². The van der Waals surface area contributed by atoms with E-state index in [0.29, 0.717) is 5.92 Å². The van der Waals surface area contributed by atoms with Crippen LogP contribution in [0.25, 0.3) is 32.9 Å². The minimum atomic E-state index is 0.602. The number of aromatic nitrogens is 4. The SMILES string of the molecule is CC(C)CN1CCC(c2cc3c(ncc4ccc(-c5cn[nH]c5)cc43)[nH]2)CC1. The molecule has 0 amide bonds. The highest BCUT2D eigenvalue weighted by molar-refractivity contribution is 6.06. The van der Waals surface area contributed by atoms with Crippen molar-refractivity contribution in [1.29, 1.82) is 0 Å². The number of pyridine rings is 1. The molecule has 0 unspecified atom stereocenters. The zero-order chi connectivity index (χ0) is 19.1. The first-order chi connectivity index (χ1) is 13.7. The predicted octanol–water partition coefficient (Wildman–Crippen LogP) is 4.94. The minimum absolute atomic E-state index is 0.602. The van der Waals surface area contributed by atoms with E-state index in [-0.39, 0.29) is 0 Å². The van der Waals surface area contributed by atoms with Gasteiger partial charge in [0.1, 0.15) is 5.65 Å². The average molecular weight is 374 g/mol. The summed E-state index contributed by atoms with van der Waals surface area (Å²) in [5, 5.41) is 10.6. The summed E-state index contributed by atoms with van der Waals surface area (Å²) in [5.41, 5.74) is 4.63. The van der Waals surface area contributed by atoms with Crippen LogP contribution in [-0.4, -0.2) is 44.7 Å². The van der Waals surface area contributed by atoms with Crippen molar-refractivity contribution in [3.8, 4) is 11.1 Å². The van der Waals surface area contributed by atoms with Gasteiger partial charge in [-0.3, -0.25) is 5.10 Å². The molecule has 5 rings (SSSR count). The van der Waals surface area contributed by atoms with Gasteiger partial charge in [-0.15, -0.1) is 0 Å². The lowest BCUT2D eigenvalue weighted by Crippen LogP contribution is -2.35. The van der Waals surface area contributed by atoms with E-state index >= 15 is 0 Å². The van der Waals surface area contributed by atoms with Gasteiger partial charge in [-0.25, -0.2) is 4.98 Å². The van der Waals surface area contributed by atoms with Gasteiger partial charge < -0.3 is 9.88 Å². The first-order valence-electron chi connectivity index (χ1n) is 10.3. The largest absolute Gasteiger partial charge is 0.343 e. The number of rotatable bonds is 4. The molecule has 2 N–H and O–H groups in total. The first kappa shape index (κ1) is 17.4. The summed E-state index contributed by atoms with van der Waals surface area (Å²) in [6.07, 6.45) is 8.22. The molecule has 0 spiro atoms. The van der Waals surface area contributed by atoms with Crippen LogP contribution in [0.5, 0.6) is 0 Å². The highest BCUT2D eigenvalue weighted by atomic mass is 15.1. The number of aromatic amines is 2. The molecule has 4 heterocycles. The van der Waals surface area contributed by atoms with E-state index in [1.807, 2.05) is 18.6 Å². The highest BCUT2D eigenvalue weighted by Crippen LogP contribution is 2.33. The molecular formula is C23H27N5. The fourth-order valence-electron chi connectivity index (χ4n) is 4.56. The van der Waals surface area contributed by atoms with Gasteiger partial charge in [0.2, 0.25) is 0 Å². The second kappa shape index (κ2) is 7.06. The van der Waals surface area contributed by atoms with Gasteiger partial charge >= 0.3 is 0 Å². The van der Waals surface area contributed by atoms with Crippen LogP contribution < -0.4 is 0 Å². The van der Waals surface area contributed by atoms with Gasteiger partial charge in [-0.1, -0.05) is 26.0 Å². The monoisotopic (exact) mass is 373 g/mol. The Hall–Kier alpha value is -2.66. The van der Waals surface area contributed by atoms with Crippen molar-refractivity contribution in [2.75, 3.05) is 19.6 Å². The van der Waals surface area contributed by atoms with Crippen LogP contribution in [-0.2, 0) is 0 Å². The van der Waals surface area contributed by atoms with Crippen LogP contribution in [0.4, 0.5) is 0 Å². The lowest BCUT2D eigenvalue weighted by atomic mass is 9.93. The highest BCUT2D eigenvalue weighted by Gasteiger charge is 2.22. The van der Waals surface area contributed by atoms with Gasteiger partial charge in [-0.05, 0) is 54.9 Å². The molecular weight excluding hydrogens is 346 g/mol. The number of H-pyrrole nitrogens is 2. The molecule has 3 aromatic heterocycles. The Bertz CT molecular complexity index is 1090. The van der Waals surface area contributed by atoms with E-state index in [1.54, 1.807) is 0 Å². The molecule has 0 saturated carbocycles. The summed E-state index contributed by atoms with van der Waals surface area (Å²) in [5.74, 6) is 1.34. The molecule has 4 aromatic rings. The van der Waals surface area contributed by atoms with Crippen molar-refractivity contribution in [2.45, 2.75) is 32.6 Å². The van der Waals surface area contributed by atoms with E-state index in [1.165, 1.54) is 59.9 Å². The number of fused-ring (bicyclic) bond motifs is 3. The van der Waals surface area contributed by atoms with Crippen LogP contribution in [0.1, 0.15) is 38.3 Å². The molecule has 1 aliphatic heterocycles. The molecule has 1 saturated heterocycles. The molecule has 0 bridgehead atoms. The fraction of sp³-hybridized carbons (Fsp3) is 0.391. The van der Waals surface area contributed by atoms with Crippen LogP contribution in [0.2, 0.25) is 0 Å². The van der Waals surface area contributed by atoms with Gasteiger partial charge in [0, 0.05) is 46.9 Å². The van der Waals surface area contributed by atoms with Crippen molar-refractivity contribution in [3.63, 3.8) is 0 Å². The fourth-order valence-corrected chi connectivity index (χ4v) is 4.56. The summed E-state index contributed by atoms with van der Waals surface area (Å²) in [6, 6.07) is 8.89. The Kier molecular flexibility index (Phi) is 4.40. The van der Waals surface area contributed by atoms with Crippen molar-refractivity contribution < 1.29 is 0 Å². The second-order valence-electron chi connectivity index (χ2n) is 8.50. The summed E-state index contributed by atoms with van der Waals surface area (Å²) >= 11 is 0. The molecule has 1 fully saturated rings. The van der Waals surface area contributed by atoms with Crippen molar-refractivity contribution in [2.24, 2.45) is 5.92 Å². The summed E-state index contributed by atoms with van der Waals surface area (Å²) in [4.78, 5) is 10.9. The number of benzene rings is 1. The molecule has 5 heteroatoms. The number of nitrogens with one attached hydrogen (secondary N) is 2. The number of nitrogens with zero attached hydrogens (tertiary/aromatic N) is 3. The molecule has 144 valence electrons. The zero-order valence-electron chi connectivity index (χ0n) is 16.6. The van der Waals surface area contributed by atoms with Gasteiger partial charge in [0.15, 0.2) is 0 Å². The first-order valence-corrected chi connectivity index (χ1v) is 10.3. The predicted molar refractivity (Wildman–Crippen MR) is 114 cm³/mol. The Morgan fingerprint density at radius 3 is 2.68 bits per heavy atom. The normalized spacial score (nSPS) is 16.5. The van der Waals surface area contributed by atoms with E-state index in [2.05, 4.69) is 63.2 Å². The number of hydrogen-bond acceptors (Lipinski definition) is 3. The van der Waals surface area contributed by atoms with E-state index in [9.17, 15) is 0 Å². The molecule has 1 aromatic carbocycles. The van der Waals surface area contributed by atoms with E-state index < -0.39 is 0 Å². The summed E-state index contributed by atoms with van der Waals surface area (Å²) < 4.78 is 0. The number of hydrogen-bond donors (Lipinski definition) is 2. The Morgan fingerprint density at radius 2 is 1.93 bits per heavy atom. The maximum Gasteiger partial charge on any atom is 0.138 e. The van der Waals surface area contributed by atoms with Crippen molar-refractivity contribution in [1.82, 2.24) is 25.1 Å². The number of likely N-dealkylation sites (tertiary alicyclic amines) is 1. The zero-order valence-corrected chi connectivity index (χ0v) is 16.6. The molecule has 1 aliphatic rings.